The van der Waals surface area contributed by atoms with Crippen molar-refractivity contribution in [3.05, 3.63) is 131 Å². The minimum absolute atomic E-state index is 0. The first-order valence-corrected chi connectivity index (χ1v) is 24.8. The molecule has 9 heterocycles. The Hall–Kier alpha value is -7.92. The van der Waals surface area contributed by atoms with Gasteiger partial charge in [-0.1, -0.05) is 50.9 Å². The number of fused-ring (bicyclic) bond motifs is 6. The molecule has 1 aliphatic carbocycles. The van der Waals surface area contributed by atoms with Crippen molar-refractivity contribution >= 4 is 62.4 Å². The van der Waals surface area contributed by atoms with Crippen molar-refractivity contribution in [2.75, 3.05) is 13.1 Å². The van der Waals surface area contributed by atoms with E-state index in [1.165, 1.54) is 12.8 Å². The number of aromatic nitrogens is 12. The molecule has 2 aliphatic rings. The summed E-state index contributed by atoms with van der Waals surface area (Å²) >= 11 is 0. The zero-order valence-corrected chi connectivity index (χ0v) is 43.9. The van der Waals surface area contributed by atoms with Crippen LogP contribution in [0.4, 0.5) is 4.79 Å². The van der Waals surface area contributed by atoms with Crippen LogP contribution in [-0.2, 0) is 32.9 Å². The standard InChI is InChI=1S/C29H31N7O3.C25H24N6O.C2H6.ClH/c1-29(2,3)39-28(38)35-11-10-21(17-35)36-26-22-12-18(6-9-24(22)31-15-25(26)34(5)27(36)37)19-7-8-23(30-13-19)20-14-32-33(4)16-20;1-29-15-18(13-28-29)21-9-8-17(12-26-21)16-7-10-22-20(11-16)24-23(14-27-22)30(2)25(32)31(24)19-5-3-4-6-19;1-2;/h6-9,12-16,21H,10-11,17H2,1-5H3;7-15,19H,3-6H2,1-2H3;1-2H3;1H/t21-;;;/m0.../s1/i;;1D;. The fraction of sp³-hybridized carbons (Fsp3) is 0.339. The number of carbonyl (C=O) groups excluding carboxylic acids is 1. The Kier molecular flexibility index (Phi) is 13.8. The quantitative estimate of drug-likeness (QED) is 0.156. The summed E-state index contributed by atoms with van der Waals surface area (Å²) in [6, 6.07) is 20.6. The number of imidazole rings is 2. The van der Waals surface area contributed by atoms with Crippen LogP contribution in [0.15, 0.2) is 120 Å². The van der Waals surface area contributed by atoms with Crippen LogP contribution >= 0.6 is 12.4 Å². The lowest BCUT2D eigenvalue weighted by molar-refractivity contribution is 0.0289. The summed E-state index contributed by atoms with van der Waals surface area (Å²) < 4.78 is 22.5. The van der Waals surface area contributed by atoms with Crippen molar-refractivity contribution in [1.29, 1.82) is 0 Å². The van der Waals surface area contributed by atoms with E-state index in [-0.39, 0.29) is 42.0 Å². The molecule has 0 spiro atoms. The van der Waals surface area contributed by atoms with E-state index in [9.17, 15) is 14.4 Å². The van der Waals surface area contributed by atoms with Crippen LogP contribution in [0.1, 0.15) is 80.2 Å². The van der Waals surface area contributed by atoms with E-state index >= 15 is 0 Å². The van der Waals surface area contributed by atoms with Crippen molar-refractivity contribution < 1.29 is 10.9 Å². The van der Waals surface area contributed by atoms with Crippen molar-refractivity contribution in [3.63, 3.8) is 0 Å². The van der Waals surface area contributed by atoms with E-state index < -0.39 is 5.60 Å². The lowest BCUT2D eigenvalue weighted by Gasteiger charge is -2.24. The summed E-state index contributed by atoms with van der Waals surface area (Å²) in [6.07, 6.45) is 19.6. The van der Waals surface area contributed by atoms with Gasteiger partial charge in [-0.2, -0.15) is 10.2 Å². The minimum atomic E-state index is -0.575. The summed E-state index contributed by atoms with van der Waals surface area (Å²) in [4.78, 5) is 59.6. The number of carbonyl (C=O) groups is 1. The Labute approximate surface area is 435 Å². The first-order valence-electron chi connectivity index (χ1n) is 25.5. The molecule has 1 amide bonds. The summed E-state index contributed by atoms with van der Waals surface area (Å²) in [7, 11) is 7.39. The maximum Gasteiger partial charge on any atom is 0.410 e. The van der Waals surface area contributed by atoms with Gasteiger partial charge in [-0.05, 0) is 87.6 Å². The molecule has 1 atom stereocenters. The highest BCUT2D eigenvalue weighted by atomic mass is 35.5. The molecule has 0 N–H and O–H groups in total. The Morgan fingerprint density at radius 1 is 0.608 bits per heavy atom. The van der Waals surface area contributed by atoms with Gasteiger partial charge in [0.1, 0.15) is 5.60 Å². The van der Waals surface area contributed by atoms with Crippen LogP contribution in [0.2, 0.25) is 0 Å². The summed E-state index contributed by atoms with van der Waals surface area (Å²) in [5.74, 6) is 0. The van der Waals surface area contributed by atoms with Crippen molar-refractivity contribution in [1.82, 2.24) is 62.7 Å². The number of hydrogen-bond donors (Lipinski definition) is 0. The Morgan fingerprint density at radius 2 is 1.07 bits per heavy atom. The normalized spacial score (nSPS) is 15.0. The number of rotatable bonds is 6. The average Bonchev–Trinajstić information content (AvgIpc) is 4.28. The van der Waals surface area contributed by atoms with E-state index in [1.54, 1.807) is 49.8 Å². The lowest BCUT2D eigenvalue weighted by Crippen LogP contribution is -2.36. The predicted molar refractivity (Wildman–Crippen MR) is 293 cm³/mol. The highest BCUT2D eigenvalue weighted by Crippen LogP contribution is 2.36. The molecular formula is C56H62ClN13O4. The number of amides is 1. The van der Waals surface area contributed by atoms with E-state index in [1.807, 2.05) is 125 Å². The van der Waals surface area contributed by atoms with Gasteiger partial charge < -0.3 is 9.64 Å². The minimum Gasteiger partial charge on any atom is -0.444 e. The van der Waals surface area contributed by atoms with Gasteiger partial charge in [0, 0.05) is 107 Å². The Morgan fingerprint density at radius 3 is 1.49 bits per heavy atom. The fourth-order valence-electron chi connectivity index (χ4n) is 10.3. The number of benzene rings is 2. The molecule has 0 unspecified atom stereocenters. The maximum absolute atomic E-state index is 13.5. The van der Waals surface area contributed by atoms with Crippen molar-refractivity contribution in [2.45, 2.75) is 84.4 Å². The predicted octanol–water partition coefficient (Wildman–Crippen LogP) is 10.4. The number of aryl methyl sites for hydroxylation is 4. The van der Waals surface area contributed by atoms with E-state index in [2.05, 4.69) is 54.4 Å². The molecule has 1 saturated heterocycles. The molecule has 2 fully saturated rings. The van der Waals surface area contributed by atoms with E-state index in [0.717, 1.165) is 101 Å². The molecule has 10 aromatic rings. The lowest BCUT2D eigenvalue weighted by atomic mass is 10.0. The second-order valence-corrected chi connectivity index (χ2v) is 19.8. The third-order valence-electron chi connectivity index (χ3n) is 13.9. The van der Waals surface area contributed by atoms with E-state index in [4.69, 9.17) is 6.11 Å². The number of pyridine rings is 4. The molecule has 1 aliphatic heterocycles. The molecule has 382 valence electrons. The molecular weight excluding hydrogens is 954 g/mol. The zero-order valence-electron chi connectivity index (χ0n) is 44.1. The molecule has 0 bridgehead atoms. The van der Waals surface area contributed by atoms with Crippen LogP contribution in [-0.4, -0.2) is 87.4 Å². The highest BCUT2D eigenvalue weighted by molar-refractivity contribution is 6.05. The first-order chi connectivity index (χ1) is 35.6. The number of ether oxygens (including phenoxy) is 1. The summed E-state index contributed by atoms with van der Waals surface area (Å²) in [5.41, 5.74) is 12.2. The molecule has 0 radical (unpaired) electrons. The molecule has 8 aromatic heterocycles. The topological polar surface area (TPSA) is 171 Å². The van der Waals surface area contributed by atoms with Gasteiger partial charge in [-0.25, -0.2) is 14.4 Å². The Bertz CT molecular complexity index is 3820. The van der Waals surface area contributed by atoms with Gasteiger partial charge >= 0.3 is 17.5 Å². The smallest absolute Gasteiger partial charge is 0.410 e. The van der Waals surface area contributed by atoms with Crippen LogP contribution in [0.25, 0.3) is 88.6 Å². The number of nitrogens with zero attached hydrogens (tertiary/aromatic N) is 13. The highest BCUT2D eigenvalue weighted by Gasteiger charge is 2.33. The monoisotopic (exact) mass is 1020 g/mol. The second kappa shape index (κ2) is 20.5. The van der Waals surface area contributed by atoms with Gasteiger partial charge in [-0.3, -0.25) is 47.6 Å². The second-order valence-electron chi connectivity index (χ2n) is 19.8. The van der Waals surface area contributed by atoms with Crippen LogP contribution in [0, 0.1) is 0 Å². The molecule has 18 heteroatoms. The third-order valence-corrected chi connectivity index (χ3v) is 13.9. The van der Waals surface area contributed by atoms with Gasteiger partial charge in [0.05, 0.1) is 75.3 Å². The van der Waals surface area contributed by atoms with Gasteiger partial charge in [0.15, 0.2) is 0 Å². The van der Waals surface area contributed by atoms with Gasteiger partial charge in [0.2, 0.25) is 0 Å². The van der Waals surface area contributed by atoms with Crippen LogP contribution in [0.5, 0.6) is 0 Å². The molecule has 2 aromatic carbocycles. The maximum atomic E-state index is 13.5. The van der Waals surface area contributed by atoms with E-state index in [0.29, 0.717) is 26.4 Å². The average molecular weight is 1020 g/mol. The number of likely N-dealkylation sites (tertiary alicyclic amines) is 1. The first kappa shape index (κ1) is 49.6. The van der Waals surface area contributed by atoms with Crippen LogP contribution in [0.3, 0.4) is 0 Å². The number of hydrogen-bond acceptors (Lipinski definition) is 10. The fourth-order valence-corrected chi connectivity index (χ4v) is 10.3. The van der Waals surface area contributed by atoms with Gasteiger partial charge in [-0.15, -0.1) is 12.4 Å². The van der Waals surface area contributed by atoms with Crippen molar-refractivity contribution in [2.24, 2.45) is 28.2 Å². The van der Waals surface area contributed by atoms with Gasteiger partial charge in [0.25, 0.3) is 0 Å². The van der Waals surface area contributed by atoms with Crippen LogP contribution < -0.4 is 11.4 Å². The molecule has 17 nitrogen and oxygen atoms in total. The van der Waals surface area contributed by atoms with Crippen molar-refractivity contribution in [3.8, 4) is 44.8 Å². The Balaban J connectivity index is 0.000000175. The molecule has 1 saturated carbocycles. The summed E-state index contributed by atoms with van der Waals surface area (Å²) in [6.45, 7) is 8.80. The molecule has 12 rings (SSSR count). The molecule has 74 heavy (non-hydrogen) atoms. The third kappa shape index (κ3) is 9.59. The number of halogens is 1. The SMILES string of the molecule is Cl.Cn1cc(-c2ccc(-c3ccc4ncc5c(c4c3)n(C3CCCC3)c(=O)n5C)cn2)cn1.Cn1cc(-c2ccc(-c3ccc4ncc5c(c4c3)n([C@H]3CCN(C(=O)OC(C)(C)C)C3)c(=O)n5C)cn2)cn1.[2H]CC. The zero-order chi connectivity index (χ0) is 52.0. The largest absolute Gasteiger partial charge is 0.444 e. The summed E-state index contributed by atoms with van der Waals surface area (Å²) in [5, 5.41) is 10.4.